The largest absolute Gasteiger partial charge is 0.355 e. The van der Waals surface area contributed by atoms with Crippen molar-refractivity contribution in [2.45, 2.75) is 26.7 Å². The Bertz CT molecular complexity index is 706. The second-order valence-electron chi connectivity index (χ2n) is 7.32. The highest BCUT2D eigenvalue weighted by Gasteiger charge is 2.20. The summed E-state index contributed by atoms with van der Waals surface area (Å²) in [4.78, 5) is 24.2. The Labute approximate surface area is 170 Å². The number of benzene rings is 2. The van der Waals surface area contributed by atoms with E-state index in [2.05, 4.69) is 10.6 Å². The first kappa shape index (κ1) is 21.3. The molecule has 0 spiro atoms. The average molecular weight is 407 g/mol. The molecule has 0 aliphatic heterocycles. The van der Waals surface area contributed by atoms with Gasteiger partial charge in [-0.15, -0.1) is 0 Å². The number of halogens is 2. The molecule has 0 fully saturated rings. The van der Waals surface area contributed by atoms with Crippen LogP contribution in [-0.4, -0.2) is 24.9 Å². The molecule has 2 aromatic rings. The van der Waals surface area contributed by atoms with Gasteiger partial charge in [0.05, 0.1) is 12.8 Å². The molecule has 0 aliphatic carbocycles. The summed E-state index contributed by atoms with van der Waals surface area (Å²) in [7, 11) is 0. The van der Waals surface area contributed by atoms with E-state index in [1.165, 1.54) is 0 Å². The quantitative estimate of drug-likeness (QED) is 0.694. The maximum absolute atomic E-state index is 12.1. The summed E-state index contributed by atoms with van der Waals surface area (Å²) >= 11 is 11.7. The minimum atomic E-state index is -0.259. The third kappa shape index (κ3) is 8.02. The van der Waals surface area contributed by atoms with Crippen molar-refractivity contribution in [2.75, 3.05) is 13.1 Å². The molecule has 2 N–H and O–H groups in total. The molecule has 0 heterocycles. The van der Waals surface area contributed by atoms with Gasteiger partial charge in [0.25, 0.3) is 0 Å². The van der Waals surface area contributed by atoms with Gasteiger partial charge in [0, 0.05) is 23.1 Å². The molecule has 0 saturated carbocycles. The molecule has 2 rings (SSSR count). The van der Waals surface area contributed by atoms with Gasteiger partial charge in [0.2, 0.25) is 11.8 Å². The molecule has 0 aliphatic rings. The van der Waals surface area contributed by atoms with Gasteiger partial charge in [-0.3, -0.25) is 9.59 Å². The van der Waals surface area contributed by atoms with Crippen LogP contribution in [0.1, 0.15) is 25.0 Å². The second kappa shape index (κ2) is 9.77. The first-order chi connectivity index (χ1) is 12.7. The van der Waals surface area contributed by atoms with Crippen LogP contribution in [0.3, 0.4) is 0 Å². The highest BCUT2D eigenvalue weighted by Crippen LogP contribution is 2.14. The maximum atomic E-state index is 12.1. The van der Waals surface area contributed by atoms with Crippen LogP contribution in [0.25, 0.3) is 0 Å². The molecule has 0 saturated heterocycles. The molecule has 6 heteroatoms. The zero-order chi connectivity index (χ0) is 19.9. The topological polar surface area (TPSA) is 58.2 Å². The predicted octanol–water partition coefficient (Wildman–Crippen LogP) is 4.04. The van der Waals surface area contributed by atoms with E-state index in [-0.39, 0.29) is 17.2 Å². The van der Waals surface area contributed by atoms with Crippen molar-refractivity contribution in [1.82, 2.24) is 10.6 Å². The Morgan fingerprint density at radius 3 is 1.41 bits per heavy atom. The van der Waals surface area contributed by atoms with Gasteiger partial charge in [-0.1, -0.05) is 61.3 Å². The van der Waals surface area contributed by atoms with Crippen LogP contribution in [-0.2, 0) is 22.4 Å². The third-order valence-corrected chi connectivity index (χ3v) is 4.59. The molecule has 4 nitrogen and oxygen atoms in total. The van der Waals surface area contributed by atoms with Crippen molar-refractivity contribution in [3.8, 4) is 0 Å². The summed E-state index contributed by atoms with van der Waals surface area (Å²) in [5.41, 5.74) is 1.56. The first-order valence-electron chi connectivity index (χ1n) is 8.76. The van der Waals surface area contributed by atoms with Gasteiger partial charge in [-0.2, -0.15) is 0 Å². The van der Waals surface area contributed by atoms with Crippen LogP contribution in [0.2, 0.25) is 10.0 Å². The SMILES string of the molecule is CC(C)(CNC(=O)Cc1ccc(Cl)cc1)CNC(=O)Cc1ccc(Cl)cc1. The molecule has 0 aromatic heterocycles. The predicted molar refractivity (Wildman–Crippen MR) is 110 cm³/mol. The normalized spacial score (nSPS) is 11.1. The van der Waals surface area contributed by atoms with E-state index < -0.39 is 0 Å². The molecule has 2 aromatic carbocycles. The number of carbonyl (C=O) groups excluding carboxylic acids is 2. The number of carbonyl (C=O) groups is 2. The number of amides is 2. The highest BCUT2D eigenvalue weighted by molar-refractivity contribution is 6.30. The Kier molecular flexibility index (Phi) is 7.69. The lowest BCUT2D eigenvalue weighted by Gasteiger charge is -2.25. The lowest BCUT2D eigenvalue weighted by atomic mass is 9.93. The fourth-order valence-electron chi connectivity index (χ4n) is 2.44. The minimum absolute atomic E-state index is 0.0575. The summed E-state index contributed by atoms with van der Waals surface area (Å²) in [5, 5.41) is 7.15. The highest BCUT2D eigenvalue weighted by atomic mass is 35.5. The standard InChI is InChI=1S/C21H24Cl2N2O2/c1-21(2,13-24-19(26)11-15-3-7-17(22)8-4-15)14-25-20(27)12-16-5-9-18(23)10-6-16/h3-10H,11-14H2,1-2H3,(H,24,26)(H,25,27). The second-order valence-corrected chi connectivity index (χ2v) is 8.20. The van der Waals surface area contributed by atoms with E-state index in [4.69, 9.17) is 23.2 Å². The average Bonchev–Trinajstić information content (AvgIpc) is 2.63. The van der Waals surface area contributed by atoms with Crippen LogP contribution < -0.4 is 10.6 Å². The minimum Gasteiger partial charge on any atom is -0.355 e. The van der Waals surface area contributed by atoms with Gasteiger partial charge in [0.1, 0.15) is 0 Å². The Morgan fingerprint density at radius 1 is 0.741 bits per heavy atom. The van der Waals surface area contributed by atoms with E-state index in [9.17, 15) is 9.59 Å². The van der Waals surface area contributed by atoms with Crippen LogP contribution in [0.5, 0.6) is 0 Å². The fourth-order valence-corrected chi connectivity index (χ4v) is 2.69. The fraction of sp³-hybridized carbons (Fsp3) is 0.333. The molecule has 0 bridgehead atoms. The number of hydrogen-bond acceptors (Lipinski definition) is 2. The van der Waals surface area contributed by atoms with Gasteiger partial charge < -0.3 is 10.6 Å². The summed E-state index contributed by atoms with van der Waals surface area (Å²) in [6.45, 7) is 4.94. The number of nitrogens with one attached hydrogen (secondary N) is 2. The van der Waals surface area contributed by atoms with Gasteiger partial charge >= 0.3 is 0 Å². The Hall–Kier alpha value is -2.04. The van der Waals surface area contributed by atoms with Crippen molar-refractivity contribution >= 4 is 35.0 Å². The van der Waals surface area contributed by atoms with Gasteiger partial charge in [-0.05, 0) is 40.8 Å². The third-order valence-electron chi connectivity index (χ3n) is 4.08. The van der Waals surface area contributed by atoms with Crippen molar-refractivity contribution in [2.24, 2.45) is 5.41 Å². The first-order valence-corrected chi connectivity index (χ1v) is 9.51. The van der Waals surface area contributed by atoms with Crippen LogP contribution >= 0.6 is 23.2 Å². The van der Waals surface area contributed by atoms with Crippen LogP contribution in [0.15, 0.2) is 48.5 Å². The lowest BCUT2D eigenvalue weighted by Crippen LogP contribution is -2.42. The van der Waals surface area contributed by atoms with Gasteiger partial charge in [0.15, 0.2) is 0 Å². The van der Waals surface area contributed by atoms with E-state index in [1.807, 2.05) is 38.1 Å². The molecule has 0 unspecified atom stereocenters. The van der Waals surface area contributed by atoms with Crippen LogP contribution in [0.4, 0.5) is 0 Å². The van der Waals surface area contributed by atoms with Crippen molar-refractivity contribution < 1.29 is 9.59 Å². The van der Waals surface area contributed by atoms with E-state index >= 15 is 0 Å². The lowest BCUT2D eigenvalue weighted by molar-refractivity contribution is -0.120. The molecule has 0 atom stereocenters. The van der Waals surface area contributed by atoms with Crippen LogP contribution in [0, 0.1) is 5.41 Å². The van der Waals surface area contributed by atoms with Crippen molar-refractivity contribution in [3.63, 3.8) is 0 Å². The molecule has 27 heavy (non-hydrogen) atoms. The maximum Gasteiger partial charge on any atom is 0.224 e. The van der Waals surface area contributed by atoms with Gasteiger partial charge in [-0.25, -0.2) is 0 Å². The van der Waals surface area contributed by atoms with E-state index in [0.29, 0.717) is 36.0 Å². The molecular weight excluding hydrogens is 383 g/mol. The summed E-state index contributed by atoms with van der Waals surface area (Å²) in [5.74, 6) is -0.115. The van der Waals surface area contributed by atoms with Crippen molar-refractivity contribution in [3.05, 3.63) is 69.7 Å². The molecule has 144 valence electrons. The molecule has 0 radical (unpaired) electrons. The summed E-state index contributed by atoms with van der Waals surface area (Å²) in [6, 6.07) is 14.4. The summed E-state index contributed by atoms with van der Waals surface area (Å²) in [6.07, 6.45) is 0.604. The monoisotopic (exact) mass is 406 g/mol. The molecule has 2 amide bonds. The zero-order valence-electron chi connectivity index (χ0n) is 15.5. The summed E-state index contributed by atoms with van der Waals surface area (Å²) < 4.78 is 0. The Morgan fingerprint density at radius 2 is 1.07 bits per heavy atom. The number of hydrogen-bond donors (Lipinski definition) is 2. The molecular formula is C21H24Cl2N2O2. The van der Waals surface area contributed by atoms with E-state index in [0.717, 1.165) is 11.1 Å². The Balaban J connectivity index is 1.73. The van der Waals surface area contributed by atoms with E-state index in [1.54, 1.807) is 24.3 Å². The van der Waals surface area contributed by atoms with Crippen molar-refractivity contribution in [1.29, 1.82) is 0 Å². The smallest absolute Gasteiger partial charge is 0.224 e. The number of rotatable bonds is 8. The zero-order valence-corrected chi connectivity index (χ0v) is 17.0.